The molecule has 0 unspecified atom stereocenters. The number of halogens is 1. The number of carbonyl (C=O) groups is 1. The Bertz CT molecular complexity index is 1190. The molecule has 0 aromatic heterocycles. The van der Waals surface area contributed by atoms with E-state index in [1.165, 1.54) is 11.0 Å². The van der Waals surface area contributed by atoms with Crippen LogP contribution in [0.4, 0.5) is 16.2 Å². The van der Waals surface area contributed by atoms with E-state index in [2.05, 4.69) is 0 Å². The molecule has 5 nitrogen and oxygen atoms in total. The molecule has 0 saturated carbocycles. The molecule has 29 heavy (non-hydrogen) atoms. The number of carbonyl (C=O) groups excluding carboxylic acids is 1. The maximum Gasteiger partial charge on any atom is 0.343 e. The fourth-order valence-corrected chi connectivity index (χ4v) is 5.43. The predicted molar refractivity (Wildman–Crippen MR) is 115 cm³/mol. The minimum absolute atomic E-state index is 0.108. The average Bonchev–Trinajstić information content (AvgIpc) is 2.69. The summed E-state index contributed by atoms with van der Waals surface area (Å²) in [6.45, 7) is 3.83. The van der Waals surface area contributed by atoms with Crippen LogP contribution in [-0.4, -0.2) is 14.4 Å². The summed E-state index contributed by atoms with van der Waals surface area (Å²) < 4.78 is 27.8. The second-order valence-electron chi connectivity index (χ2n) is 6.97. The third-order valence-corrected chi connectivity index (χ3v) is 6.95. The molecule has 0 spiro atoms. The molecule has 3 aromatic rings. The van der Waals surface area contributed by atoms with Crippen LogP contribution in [0.2, 0.25) is 5.02 Å². The van der Waals surface area contributed by atoms with Gasteiger partial charge in [0.1, 0.15) is 4.90 Å². The van der Waals surface area contributed by atoms with Gasteiger partial charge in [-0.3, -0.25) is 4.90 Å². The maximum atomic E-state index is 13.5. The molecule has 148 valence electrons. The quantitative estimate of drug-likeness (QED) is 0.571. The highest BCUT2D eigenvalue weighted by atomic mass is 35.5. The first-order valence-electron chi connectivity index (χ1n) is 9.07. The monoisotopic (exact) mass is 426 g/mol. The lowest BCUT2D eigenvalue weighted by Gasteiger charge is -2.37. The molecule has 0 aliphatic carbocycles. The molecule has 7 heteroatoms. The molecule has 0 N–H and O–H groups in total. The van der Waals surface area contributed by atoms with Crippen LogP contribution < -0.4 is 9.21 Å². The van der Waals surface area contributed by atoms with Crippen molar-refractivity contribution in [3.63, 3.8) is 0 Å². The number of aryl methyl sites for hydroxylation is 2. The van der Waals surface area contributed by atoms with Crippen LogP contribution in [0.3, 0.4) is 0 Å². The van der Waals surface area contributed by atoms with Gasteiger partial charge in [0.25, 0.3) is 10.0 Å². The van der Waals surface area contributed by atoms with E-state index in [0.29, 0.717) is 27.5 Å². The molecule has 0 saturated heterocycles. The molecular formula is C22H19ClN2O3S. The molecule has 4 rings (SSSR count). The van der Waals surface area contributed by atoms with Gasteiger partial charge in [0.15, 0.2) is 0 Å². The summed E-state index contributed by atoms with van der Waals surface area (Å²) in [5.41, 5.74) is 3.04. The number of benzene rings is 3. The Hall–Kier alpha value is -2.83. The standard InChI is InChI=1S/C22H19ClN2O3S/c1-15-6-5-7-16(2)21(15)25-22(26)24(14-17-10-12-18(23)13-11-17)19-8-3-4-9-20(19)29(25,27)28/h3-13H,14H2,1-2H3. The van der Waals surface area contributed by atoms with Crippen molar-refractivity contribution in [2.45, 2.75) is 25.3 Å². The molecule has 3 aromatic carbocycles. The number of urea groups is 1. The Kier molecular flexibility index (Phi) is 4.84. The summed E-state index contributed by atoms with van der Waals surface area (Å²) in [7, 11) is -4.04. The third-order valence-electron chi connectivity index (χ3n) is 4.98. The smallest absolute Gasteiger partial charge is 0.287 e. The minimum atomic E-state index is -4.04. The number of hydrogen-bond acceptors (Lipinski definition) is 3. The van der Waals surface area contributed by atoms with E-state index < -0.39 is 16.1 Å². The molecular weight excluding hydrogens is 408 g/mol. The Morgan fingerprint density at radius 3 is 2.14 bits per heavy atom. The van der Waals surface area contributed by atoms with Gasteiger partial charge in [0, 0.05) is 5.02 Å². The van der Waals surface area contributed by atoms with E-state index in [9.17, 15) is 13.2 Å². The summed E-state index contributed by atoms with van der Waals surface area (Å²) >= 11 is 5.97. The van der Waals surface area contributed by atoms with Crippen LogP contribution in [0.1, 0.15) is 16.7 Å². The van der Waals surface area contributed by atoms with E-state index in [4.69, 9.17) is 11.6 Å². The largest absolute Gasteiger partial charge is 0.343 e. The number of nitrogens with zero attached hydrogens (tertiary/aromatic N) is 2. The maximum absolute atomic E-state index is 13.5. The van der Waals surface area contributed by atoms with E-state index in [-0.39, 0.29) is 11.4 Å². The second-order valence-corrected chi connectivity index (χ2v) is 9.16. The van der Waals surface area contributed by atoms with Crippen molar-refractivity contribution in [2.75, 3.05) is 9.21 Å². The molecule has 2 amide bonds. The van der Waals surface area contributed by atoms with Gasteiger partial charge in [-0.25, -0.2) is 13.2 Å². The highest BCUT2D eigenvalue weighted by molar-refractivity contribution is 7.94. The van der Waals surface area contributed by atoms with Gasteiger partial charge >= 0.3 is 6.03 Å². The summed E-state index contributed by atoms with van der Waals surface area (Å²) in [4.78, 5) is 15.1. The topological polar surface area (TPSA) is 57.7 Å². The van der Waals surface area contributed by atoms with E-state index in [1.54, 1.807) is 56.3 Å². The lowest BCUT2D eigenvalue weighted by molar-refractivity contribution is 0.253. The van der Waals surface area contributed by atoms with Crippen molar-refractivity contribution in [3.8, 4) is 0 Å². The van der Waals surface area contributed by atoms with Crippen molar-refractivity contribution in [1.82, 2.24) is 0 Å². The van der Waals surface area contributed by atoms with Crippen LogP contribution in [0, 0.1) is 13.8 Å². The van der Waals surface area contributed by atoms with Gasteiger partial charge < -0.3 is 0 Å². The van der Waals surface area contributed by atoms with Crippen LogP contribution in [0.15, 0.2) is 71.6 Å². The Morgan fingerprint density at radius 2 is 1.48 bits per heavy atom. The fraction of sp³-hybridized carbons (Fsp3) is 0.136. The molecule has 0 atom stereocenters. The van der Waals surface area contributed by atoms with Crippen LogP contribution in [-0.2, 0) is 16.6 Å². The summed E-state index contributed by atoms with van der Waals surface area (Å²) in [6, 6.07) is 18.6. The van der Waals surface area contributed by atoms with Crippen LogP contribution in [0.5, 0.6) is 0 Å². The molecule has 0 radical (unpaired) electrons. The Morgan fingerprint density at radius 1 is 0.862 bits per heavy atom. The second kappa shape index (κ2) is 7.21. The van der Waals surface area contributed by atoms with E-state index in [0.717, 1.165) is 9.87 Å². The number of anilines is 2. The van der Waals surface area contributed by atoms with Crippen LogP contribution in [0.25, 0.3) is 0 Å². The zero-order valence-electron chi connectivity index (χ0n) is 16.0. The first-order valence-corrected chi connectivity index (χ1v) is 10.9. The van der Waals surface area contributed by atoms with Crippen molar-refractivity contribution >= 4 is 39.0 Å². The number of amides is 2. The van der Waals surface area contributed by atoms with E-state index >= 15 is 0 Å². The fourth-order valence-electron chi connectivity index (χ4n) is 3.58. The normalized spacial score (nSPS) is 15.3. The lowest BCUT2D eigenvalue weighted by Crippen LogP contribution is -2.51. The van der Waals surface area contributed by atoms with Gasteiger partial charge in [0.2, 0.25) is 0 Å². The van der Waals surface area contributed by atoms with Crippen LogP contribution >= 0.6 is 11.6 Å². The Labute approximate surface area is 175 Å². The van der Waals surface area contributed by atoms with E-state index in [1.807, 2.05) is 18.2 Å². The molecule has 0 fully saturated rings. The van der Waals surface area contributed by atoms with Gasteiger partial charge in [-0.15, -0.1) is 0 Å². The van der Waals surface area contributed by atoms with Crippen molar-refractivity contribution in [2.24, 2.45) is 0 Å². The first kappa shape index (κ1) is 19.5. The SMILES string of the molecule is Cc1cccc(C)c1N1C(=O)N(Cc2ccc(Cl)cc2)c2ccccc2S1(=O)=O. The number of hydrogen-bond donors (Lipinski definition) is 0. The molecule has 1 heterocycles. The van der Waals surface area contributed by atoms with Gasteiger partial charge in [-0.1, -0.05) is 54.1 Å². The lowest BCUT2D eigenvalue weighted by atomic mass is 10.1. The predicted octanol–water partition coefficient (Wildman–Crippen LogP) is 5.29. The average molecular weight is 427 g/mol. The highest BCUT2D eigenvalue weighted by Gasteiger charge is 2.43. The first-order chi connectivity index (χ1) is 13.8. The van der Waals surface area contributed by atoms with Crippen molar-refractivity contribution in [1.29, 1.82) is 0 Å². The molecule has 0 bridgehead atoms. The third kappa shape index (κ3) is 3.28. The summed E-state index contributed by atoms with van der Waals surface area (Å²) in [6.07, 6.45) is 0. The number of rotatable bonds is 3. The van der Waals surface area contributed by atoms with Gasteiger partial charge in [0.05, 0.1) is 17.9 Å². The van der Waals surface area contributed by atoms with Crippen molar-refractivity contribution < 1.29 is 13.2 Å². The number of fused-ring (bicyclic) bond motifs is 1. The number of para-hydroxylation sites is 2. The van der Waals surface area contributed by atoms with Gasteiger partial charge in [-0.2, -0.15) is 4.31 Å². The molecule has 1 aliphatic rings. The number of sulfonamides is 1. The zero-order chi connectivity index (χ0) is 20.8. The summed E-state index contributed by atoms with van der Waals surface area (Å²) in [5.74, 6) is 0. The van der Waals surface area contributed by atoms with Gasteiger partial charge in [-0.05, 0) is 54.8 Å². The minimum Gasteiger partial charge on any atom is -0.287 e. The highest BCUT2D eigenvalue weighted by Crippen LogP contribution is 2.40. The van der Waals surface area contributed by atoms with Crippen molar-refractivity contribution in [3.05, 3.63) is 88.4 Å². The molecule has 1 aliphatic heterocycles. The zero-order valence-corrected chi connectivity index (χ0v) is 17.5. The Balaban J connectivity index is 1.91. The summed E-state index contributed by atoms with van der Waals surface area (Å²) in [5, 5.41) is 0.596.